The Bertz CT molecular complexity index is 1050. The van der Waals surface area contributed by atoms with Gasteiger partial charge in [-0.15, -0.1) is 20.4 Å². The fourth-order valence-electron chi connectivity index (χ4n) is 3.37. The summed E-state index contributed by atoms with van der Waals surface area (Å²) in [6, 6.07) is 13.6. The Labute approximate surface area is 171 Å². The van der Waals surface area contributed by atoms with Crippen molar-refractivity contribution in [1.29, 1.82) is 0 Å². The lowest BCUT2D eigenvalue weighted by Crippen LogP contribution is -2.22. The Morgan fingerprint density at radius 2 is 1.79 bits per heavy atom. The van der Waals surface area contributed by atoms with Crippen LogP contribution < -0.4 is 4.90 Å². The first-order valence-corrected chi connectivity index (χ1v) is 10.6. The van der Waals surface area contributed by atoms with E-state index in [4.69, 9.17) is 8.83 Å². The van der Waals surface area contributed by atoms with E-state index in [-0.39, 0.29) is 0 Å². The molecule has 0 unspecified atom stereocenters. The number of thioether (sulfide) groups is 1. The Kier molecular flexibility index (Phi) is 5.04. The van der Waals surface area contributed by atoms with Gasteiger partial charge in [0.05, 0.1) is 18.6 Å². The van der Waals surface area contributed by atoms with Crippen LogP contribution in [0.15, 0.2) is 62.7 Å². The monoisotopic (exact) mass is 408 g/mol. The van der Waals surface area contributed by atoms with Crippen molar-refractivity contribution in [2.45, 2.75) is 30.3 Å². The first kappa shape index (κ1) is 18.0. The molecule has 0 spiro atoms. The molecule has 0 atom stereocenters. The van der Waals surface area contributed by atoms with Crippen molar-refractivity contribution in [3.63, 3.8) is 0 Å². The summed E-state index contributed by atoms with van der Waals surface area (Å²) in [5.41, 5.74) is 0.911. The topological polar surface area (TPSA) is 86.0 Å². The Morgan fingerprint density at radius 3 is 2.59 bits per heavy atom. The van der Waals surface area contributed by atoms with Gasteiger partial charge in [0.2, 0.25) is 17.7 Å². The average Bonchev–Trinajstić information content (AvgIpc) is 3.54. The summed E-state index contributed by atoms with van der Waals surface area (Å²) in [5.74, 6) is 3.36. The van der Waals surface area contributed by atoms with Gasteiger partial charge in [-0.2, -0.15) is 0 Å². The molecule has 5 rings (SSSR count). The van der Waals surface area contributed by atoms with E-state index in [1.807, 2.05) is 42.5 Å². The Balaban J connectivity index is 1.35. The maximum absolute atomic E-state index is 5.81. The van der Waals surface area contributed by atoms with Gasteiger partial charge >= 0.3 is 0 Å². The second kappa shape index (κ2) is 8.12. The zero-order valence-electron chi connectivity index (χ0n) is 15.8. The van der Waals surface area contributed by atoms with E-state index < -0.39 is 0 Å². The van der Waals surface area contributed by atoms with Gasteiger partial charge in [0.25, 0.3) is 0 Å². The van der Waals surface area contributed by atoms with Crippen molar-refractivity contribution in [2.24, 2.45) is 0 Å². The number of anilines is 1. The smallest absolute Gasteiger partial charge is 0.247 e. The highest BCUT2D eigenvalue weighted by Crippen LogP contribution is 2.28. The van der Waals surface area contributed by atoms with Crippen LogP contribution in [-0.2, 0) is 12.3 Å². The zero-order valence-corrected chi connectivity index (χ0v) is 16.6. The van der Waals surface area contributed by atoms with Gasteiger partial charge in [0.1, 0.15) is 5.76 Å². The van der Waals surface area contributed by atoms with Crippen molar-refractivity contribution in [2.75, 3.05) is 18.0 Å². The van der Waals surface area contributed by atoms with Crippen LogP contribution in [0.4, 0.5) is 5.95 Å². The third-order valence-corrected chi connectivity index (χ3v) is 5.74. The number of rotatable bonds is 7. The molecule has 29 heavy (non-hydrogen) atoms. The van der Waals surface area contributed by atoms with Crippen LogP contribution in [0, 0.1) is 0 Å². The van der Waals surface area contributed by atoms with E-state index in [1.165, 1.54) is 24.6 Å². The lowest BCUT2D eigenvalue weighted by atomic mass is 10.2. The van der Waals surface area contributed by atoms with Gasteiger partial charge in [0.15, 0.2) is 5.16 Å². The summed E-state index contributed by atoms with van der Waals surface area (Å²) in [6.45, 7) is 2.60. The van der Waals surface area contributed by atoms with Gasteiger partial charge in [-0.25, -0.2) is 0 Å². The van der Waals surface area contributed by atoms with E-state index in [0.29, 0.717) is 24.1 Å². The molecule has 4 aromatic rings. The molecule has 1 fully saturated rings. The molecule has 0 radical (unpaired) electrons. The number of nitrogens with zero attached hydrogens (tertiary/aromatic N) is 6. The normalized spacial score (nSPS) is 14.0. The van der Waals surface area contributed by atoms with E-state index in [0.717, 1.165) is 35.5 Å². The van der Waals surface area contributed by atoms with Crippen molar-refractivity contribution in [3.05, 3.63) is 60.4 Å². The lowest BCUT2D eigenvalue weighted by Gasteiger charge is -2.17. The highest BCUT2D eigenvalue weighted by atomic mass is 32.2. The van der Waals surface area contributed by atoms with Crippen LogP contribution in [0.1, 0.15) is 24.5 Å². The molecule has 0 saturated carbocycles. The molecule has 0 bridgehead atoms. The molecular weight excluding hydrogens is 388 g/mol. The van der Waals surface area contributed by atoms with Gasteiger partial charge in [-0.1, -0.05) is 30.0 Å². The molecule has 9 heteroatoms. The molecule has 1 aliphatic heterocycles. The molecule has 4 heterocycles. The van der Waals surface area contributed by atoms with Gasteiger partial charge in [-0.05, 0) is 37.1 Å². The largest absolute Gasteiger partial charge is 0.467 e. The van der Waals surface area contributed by atoms with Crippen molar-refractivity contribution >= 4 is 17.7 Å². The van der Waals surface area contributed by atoms with Crippen molar-refractivity contribution in [1.82, 2.24) is 25.0 Å². The summed E-state index contributed by atoms with van der Waals surface area (Å²) in [6.07, 6.45) is 4.05. The van der Waals surface area contributed by atoms with Crippen LogP contribution in [0.2, 0.25) is 0 Å². The number of furan rings is 1. The van der Waals surface area contributed by atoms with E-state index in [2.05, 4.69) is 29.9 Å². The Hall–Kier alpha value is -3.07. The third-order valence-electron chi connectivity index (χ3n) is 4.79. The summed E-state index contributed by atoms with van der Waals surface area (Å²) in [5, 5.41) is 18.0. The molecule has 1 saturated heterocycles. The van der Waals surface area contributed by atoms with E-state index in [9.17, 15) is 0 Å². The molecule has 148 valence electrons. The molecule has 0 amide bonds. The second-order valence-corrected chi connectivity index (χ2v) is 7.74. The fourth-order valence-corrected chi connectivity index (χ4v) is 4.14. The van der Waals surface area contributed by atoms with Crippen molar-refractivity contribution in [3.8, 4) is 11.5 Å². The third kappa shape index (κ3) is 3.91. The van der Waals surface area contributed by atoms with Crippen LogP contribution in [-0.4, -0.2) is 38.1 Å². The predicted octanol–water partition coefficient (Wildman–Crippen LogP) is 3.86. The minimum absolute atomic E-state index is 0.524. The summed E-state index contributed by atoms with van der Waals surface area (Å²) < 4.78 is 13.5. The maximum Gasteiger partial charge on any atom is 0.247 e. The lowest BCUT2D eigenvalue weighted by molar-refractivity contribution is 0.483. The standard InChI is InChI=1S/C20H20N6O2S/c1-2-7-15(8-3-1)18-22-21-17(28-18)14-29-20-24-23-19(25-10-4-5-11-25)26(20)13-16-9-6-12-27-16/h1-3,6-9,12H,4-5,10-11,13-14H2. The van der Waals surface area contributed by atoms with Crippen LogP contribution in [0.3, 0.4) is 0 Å². The highest BCUT2D eigenvalue weighted by Gasteiger charge is 2.22. The van der Waals surface area contributed by atoms with Crippen LogP contribution >= 0.6 is 11.8 Å². The molecule has 8 nitrogen and oxygen atoms in total. The highest BCUT2D eigenvalue weighted by molar-refractivity contribution is 7.98. The van der Waals surface area contributed by atoms with Crippen molar-refractivity contribution < 1.29 is 8.83 Å². The van der Waals surface area contributed by atoms with Gasteiger partial charge in [-0.3, -0.25) is 4.57 Å². The quantitative estimate of drug-likeness (QED) is 0.426. The van der Waals surface area contributed by atoms with E-state index >= 15 is 0 Å². The molecule has 3 aromatic heterocycles. The number of benzene rings is 1. The summed E-state index contributed by atoms with van der Waals surface area (Å²) in [7, 11) is 0. The number of hydrogen-bond donors (Lipinski definition) is 0. The Morgan fingerprint density at radius 1 is 0.931 bits per heavy atom. The first-order valence-electron chi connectivity index (χ1n) is 9.58. The van der Waals surface area contributed by atoms with Gasteiger partial charge in [0, 0.05) is 18.7 Å². The second-order valence-electron chi connectivity index (χ2n) is 6.80. The summed E-state index contributed by atoms with van der Waals surface area (Å²) in [4.78, 5) is 2.28. The molecule has 1 aliphatic rings. The molecular formula is C20H20N6O2S. The minimum Gasteiger partial charge on any atom is -0.467 e. The minimum atomic E-state index is 0.524. The summed E-state index contributed by atoms with van der Waals surface area (Å²) >= 11 is 1.53. The zero-order chi connectivity index (χ0) is 19.5. The van der Waals surface area contributed by atoms with Gasteiger partial charge < -0.3 is 13.7 Å². The van der Waals surface area contributed by atoms with Crippen LogP contribution in [0.25, 0.3) is 11.5 Å². The SMILES string of the molecule is c1ccc(-c2nnc(CSc3nnc(N4CCCC4)n3Cc3ccco3)o2)cc1. The molecule has 1 aromatic carbocycles. The predicted molar refractivity (Wildman–Crippen MR) is 109 cm³/mol. The average molecular weight is 408 g/mol. The maximum atomic E-state index is 5.81. The van der Waals surface area contributed by atoms with Crippen LogP contribution in [0.5, 0.6) is 0 Å². The molecule has 0 N–H and O–H groups in total. The van der Waals surface area contributed by atoms with E-state index in [1.54, 1.807) is 6.26 Å². The molecule has 0 aliphatic carbocycles. The fraction of sp³-hybridized carbons (Fsp3) is 0.300. The first-order chi connectivity index (χ1) is 14.4. The number of hydrogen-bond acceptors (Lipinski definition) is 8. The number of aromatic nitrogens is 5.